The van der Waals surface area contributed by atoms with Gasteiger partial charge in [0.25, 0.3) is 0 Å². The van der Waals surface area contributed by atoms with Crippen LogP contribution in [0.15, 0.2) is 48.8 Å². The SMILES string of the molecule is COc1ccccc1-c1ccc(N2CCCC(C(=O)Nc3cc(N4CCCCC4)ncn3)C2)nn1. The van der Waals surface area contributed by atoms with E-state index in [0.717, 1.165) is 61.1 Å². The van der Waals surface area contributed by atoms with Crippen molar-refractivity contribution in [2.24, 2.45) is 5.92 Å². The van der Waals surface area contributed by atoms with Crippen LogP contribution in [0, 0.1) is 5.92 Å². The fourth-order valence-electron chi connectivity index (χ4n) is 4.83. The first-order chi connectivity index (χ1) is 17.2. The molecule has 0 saturated carbocycles. The molecule has 182 valence electrons. The van der Waals surface area contributed by atoms with Gasteiger partial charge in [-0.15, -0.1) is 10.2 Å². The minimum absolute atomic E-state index is 0.0170. The van der Waals surface area contributed by atoms with E-state index in [9.17, 15) is 4.79 Å². The predicted octanol–water partition coefficient (Wildman–Crippen LogP) is 3.79. The molecule has 4 heterocycles. The molecular weight excluding hydrogens is 442 g/mol. The van der Waals surface area contributed by atoms with Crippen molar-refractivity contribution in [3.05, 3.63) is 48.8 Å². The first kappa shape index (κ1) is 23.0. The fraction of sp³-hybridized carbons (Fsp3) is 0.423. The third-order valence-corrected chi connectivity index (χ3v) is 6.73. The summed E-state index contributed by atoms with van der Waals surface area (Å²) in [5.41, 5.74) is 1.66. The number of aromatic nitrogens is 4. The van der Waals surface area contributed by atoms with Gasteiger partial charge in [0.15, 0.2) is 5.82 Å². The van der Waals surface area contributed by atoms with Gasteiger partial charge >= 0.3 is 0 Å². The van der Waals surface area contributed by atoms with Crippen molar-refractivity contribution >= 4 is 23.4 Å². The molecule has 2 saturated heterocycles. The molecule has 1 atom stereocenters. The number of piperidine rings is 2. The molecule has 2 aliphatic heterocycles. The largest absolute Gasteiger partial charge is 0.496 e. The molecule has 9 heteroatoms. The van der Waals surface area contributed by atoms with Crippen LogP contribution in [0.1, 0.15) is 32.1 Å². The number of benzene rings is 1. The molecule has 35 heavy (non-hydrogen) atoms. The van der Waals surface area contributed by atoms with Gasteiger partial charge in [-0.1, -0.05) is 12.1 Å². The van der Waals surface area contributed by atoms with Crippen LogP contribution in [0.3, 0.4) is 0 Å². The zero-order chi connectivity index (χ0) is 24.0. The average molecular weight is 474 g/mol. The first-order valence-corrected chi connectivity index (χ1v) is 12.3. The number of hydrogen-bond donors (Lipinski definition) is 1. The lowest BCUT2D eigenvalue weighted by Gasteiger charge is -2.32. The standard InChI is InChI=1S/C26H31N7O2/c1-35-22-10-4-3-9-20(22)21-11-12-24(31-30-21)33-15-7-8-19(17-33)26(34)29-23-16-25(28-18-27-23)32-13-5-2-6-14-32/h3-4,9-12,16,18-19H,2,5-8,13-15,17H2,1H3,(H,27,28,29,34). The number of ether oxygens (including phenoxy) is 1. The molecule has 5 rings (SSSR count). The molecule has 1 N–H and O–H groups in total. The number of nitrogens with zero attached hydrogens (tertiary/aromatic N) is 6. The van der Waals surface area contributed by atoms with Crippen LogP contribution in [0.25, 0.3) is 11.3 Å². The van der Waals surface area contributed by atoms with Gasteiger partial charge < -0.3 is 19.9 Å². The maximum absolute atomic E-state index is 13.1. The Morgan fingerprint density at radius 3 is 2.57 bits per heavy atom. The third kappa shape index (κ3) is 5.34. The summed E-state index contributed by atoms with van der Waals surface area (Å²) in [5.74, 6) is 2.81. The summed E-state index contributed by atoms with van der Waals surface area (Å²) in [6.07, 6.45) is 6.89. The number of carbonyl (C=O) groups excluding carboxylic acids is 1. The summed E-state index contributed by atoms with van der Waals surface area (Å²) in [5, 5.41) is 11.9. The Hall–Kier alpha value is -3.75. The van der Waals surface area contributed by atoms with Gasteiger partial charge in [0.05, 0.1) is 18.7 Å². The summed E-state index contributed by atoms with van der Waals surface area (Å²) < 4.78 is 5.44. The van der Waals surface area contributed by atoms with Gasteiger partial charge in [0.1, 0.15) is 23.7 Å². The number of rotatable bonds is 6. The fourth-order valence-corrected chi connectivity index (χ4v) is 4.83. The van der Waals surface area contributed by atoms with E-state index in [1.165, 1.54) is 25.6 Å². The average Bonchev–Trinajstić information content (AvgIpc) is 2.94. The van der Waals surface area contributed by atoms with E-state index in [1.807, 2.05) is 42.5 Å². The molecule has 0 spiro atoms. The van der Waals surface area contributed by atoms with Crippen LogP contribution in [0.4, 0.5) is 17.5 Å². The first-order valence-electron chi connectivity index (χ1n) is 12.3. The Bertz CT molecular complexity index is 1150. The Kier molecular flexibility index (Phi) is 7.02. The van der Waals surface area contributed by atoms with Gasteiger partial charge in [-0.2, -0.15) is 0 Å². The summed E-state index contributed by atoms with van der Waals surface area (Å²) in [6.45, 7) is 3.44. The van der Waals surface area contributed by atoms with Crippen LogP contribution >= 0.6 is 0 Å². The highest BCUT2D eigenvalue weighted by Gasteiger charge is 2.27. The van der Waals surface area contributed by atoms with Crippen molar-refractivity contribution in [1.82, 2.24) is 20.2 Å². The van der Waals surface area contributed by atoms with Crippen LogP contribution < -0.4 is 19.9 Å². The second kappa shape index (κ2) is 10.7. The van der Waals surface area contributed by atoms with Crippen LogP contribution in [-0.2, 0) is 4.79 Å². The summed E-state index contributed by atoms with van der Waals surface area (Å²) in [4.78, 5) is 26.2. The molecule has 9 nitrogen and oxygen atoms in total. The number of para-hydroxylation sites is 1. The maximum Gasteiger partial charge on any atom is 0.230 e. The minimum Gasteiger partial charge on any atom is -0.496 e. The maximum atomic E-state index is 13.1. The zero-order valence-electron chi connectivity index (χ0n) is 20.1. The minimum atomic E-state index is -0.146. The summed E-state index contributed by atoms with van der Waals surface area (Å²) in [6, 6.07) is 13.6. The highest BCUT2D eigenvalue weighted by molar-refractivity contribution is 5.92. The number of nitrogens with one attached hydrogen (secondary N) is 1. The van der Waals surface area contributed by atoms with E-state index in [0.29, 0.717) is 12.4 Å². The van der Waals surface area contributed by atoms with Gasteiger partial charge in [-0.05, 0) is 56.4 Å². The molecule has 0 bridgehead atoms. The second-order valence-electron chi connectivity index (χ2n) is 9.06. The number of amides is 1. The topological polar surface area (TPSA) is 96.4 Å². The lowest BCUT2D eigenvalue weighted by atomic mass is 9.97. The number of anilines is 3. The van der Waals surface area contributed by atoms with Crippen molar-refractivity contribution in [1.29, 1.82) is 0 Å². The highest BCUT2D eigenvalue weighted by Crippen LogP contribution is 2.29. The number of carbonyl (C=O) groups is 1. The molecule has 1 amide bonds. The van der Waals surface area contributed by atoms with E-state index >= 15 is 0 Å². The quantitative estimate of drug-likeness (QED) is 0.578. The van der Waals surface area contributed by atoms with Gasteiger partial charge in [-0.3, -0.25) is 4.79 Å². The molecule has 0 aliphatic carbocycles. The zero-order valence-corrected chi connectivity index (χ0v) is 20.1. The molecule has 2 fully saturated rings. The monoisotopic (exact) mass is 473 g/mol. The van der Waals surface area contributed by atoms with Crippen molar-refractivity contribution in [2.75, 3.05) is 48.4 Å². The Morgan fingerprint density at radius 1 is 0.943 bits per heavy atom. The van der Waals surface area contributed by atoms with Crippen molar-refractivity contribution < 1.29 is 9.53 Å². The highest BCUT2D eigenvalue weighted by atomic mass is 16.5. The van der Waals surface area contributed by atoms with Gasteiger partial charge in [0, 0.05) is 37.8 Å². The van der Waals surface area contributed by atoms with Gasteiger partial charge in [-0.25, -0.2) is 9.97 Å². The molecule has 2 aromatic heterocycles. The van der Waals surface area contributed by atoms with E-state index < -0.39 is 0 Å². The normalized spacial score (nSPS) is 18.3. The molecule has 1 aromatic carbocycles. The van der Waals surface area contributed by atoms with Crippen molar-refractivity contribution in [3.8, 4) is 17.0 Å². The van der Waals surface area contributed by atoms with E-state index in [-0.39, 0.29) is 11.8 Å². The van der Waals surface area contributed by atoms with E-state index in [2.05, 4.69) is 35.3 Å². The second-order valence-corrected chi connectivity index (χ2v) is 9.06. The van der Waals surface area contributed by atoms with Crippen molar-refractivity contribution in [3.63, 3.8) is 0 Å². The molecule has 2 aliphatic rings. The van der Waals surface area contributed by atoms with E-state index in [4.69, 9.17) is 4.74 Å². The van der Waals surface area contributed by atoms with Crippen LogP contribution in [0.5, 0.6) is 5.75 Å². The lowest BCUT2D eigenvalue weighted by Crippen LogP contribution is -2.41. The summed E-state index contributed by atoms with van der Waals surface area (Å²) >= 11 is 0. The molecule has 0 radical (unpaired) electrons. The molecule has 1 unspecified atom stereocenters. The predicted molar refractivity (Wildman–Crippen MR) is 136 cm³/mol. The molecule has 3 aromatic rings. The Balaban J connectivity index is 1.23. The lowest BCUT2D eigenvalue weighted by molar-refractivity contribution is -0.120. The third-order valence-electron chi connectivity index (χ3n) is 6.73. The summed E-state index contributed by atoms with van der Waals surface area (Å²) in [7, 11) is 1.65. The Morgan fingerprint density at radius 2 is 1.77 bits per heavy atom. The van der Waals surface area contributed by atoms with Gasteiger partial charge in [0.2, 0.25) is 5.91 Å². The van der Waals surface area contributed by atoms with Crippen molar-refractivity contribution in [2.45, 2.75) is 32.1 Å². The number of hydrogen-bond acceptors (Lipinski definition) is 8. The smallest absolute Gasteiger partial charge is 0.230 e. The Labute approximate surface area is 205 Å². The van der Waals surface area contributed by atoms with Crippen LogP contribution in [0.2, 0.25) is 0 Å². The van der Waals surface area contributed by atoms with Crippen LogP contribution in [-0.4, -0.2) is 59.4 Å². The molecular formula is C26H31N7O2. The number of methoxy groups -OCH3 is 1. The van der Waals surface area contributed by atoms with E-state index in [1.54, 1.807) is 7.11 Å².